The Labute approximate surface area is 153 Å². The van der Waals surface area contributed by atoms with Crippen LogP contribution in [0.3, 0.4) is 0 Å². The van der Waals surface area contributed by atoms with Crippen LogP contribution in [-0.2, 0) is 22.4 Å². The summed E-state index contributed by atoms with van der Waals surface area (Å²) < 4.78 is 0. The van der Waals surface area contributed by atoms with Gasteiger partial charge in [0.15, 0.2) is 0 Å². The average Bonchev–Trinajstić information content (AvgIpc) is 2.61. The Balaban J connectivity index is 2.99. The fraction of sp³-hybridized carbons (Fsp3) is 0.619. The minimum absolute atomic E-state index is 0.000864. The molecule has 0 aromatic heterocycles. The van der Waals surface area contributed by atoms with Gasteiger partial charge in [0.2, 0.25) is 11.8 Å². The number of benzene rings is 1. The summed E-state index contributed by atoms with van der Waals surface area (Å²) in [6.45, 7) is 12.0. The Hall–Kier alpha value is -1.84. The van der Waals surface area contributed by atoms with Gasteiger partial charge in [-0.25, -0.2) is 0 Å². The lowest BCUT2D eigenvalue weighted by Gasteiger charge is -2.28. The van der Waals surface area contributed by atoms with Crippen molar-refractivity contribution in [3.63, 3.8) is 0 Å². The second kappa shape index (κ2) is 10.9. The van der Waals surface area contributed by atoms with Gasteiger partial charge >= 0.3 is 0 Å². The topological polar surface area (TPSA) is 40.6 Å². The van der Waals surface area contributed by atoms with Gasteiger partial charge in [-0.3, -0.25) is 9.59 Å². The van der Waals surface area contributed by atoms with E-state index < -0.39 is 0 Å². The van der Waals surface area contributed by atoms with Crippen molar-refractivity contribution in [2.24, 2.45) is 0 Å². The van der Waals surface area contributed by atoms with Gasteiger partial charge in [-0.05, 0) is 36.8 Å². The first kappa shape index (κ1) is 21.2. The van der Waals surface area contributed by atoms with Crippen LogP contribution in [0.2, 0.25) is 0 Å². The molecule has 0 N–H and O–H groups in total. The van der Waals surface area contributed by atoms with Crippen molar-refractivity contribution in [1.82, 2.24) is 4.90 Å². The third kappa shape index (κ3) is 5.87. The molecule has 4 heteroatoms. The van der Waals surface area contributed by atoms with E-state index in [1.54, 1.807) is 11.8 Å². The zero-order valence-corrected chi connectivity index (χ0v) is 16.6. The monoisotopic (exact) mass is 346 g/mol. The van der Waals surface area contributed by atoms with Gasteiger partial charge < -0.3 is 9.80 Å². The van der Waals surface area contributed by atoms with E-state index in [1.807, 2.05) is 4.90 Å². The number of aryl methyl sites for hydroxylation is 2. The van der Waals surface area contributed by atoms with Crippen molar-refractivity contribution < 1.29 is 9.59 Å². The molecule has 0 radical (unpaired) electrons. The van der Waals surface area contributed by atoms with Crippen LogP contribution in [0.25, 0.3) is 0 Å². The summed E-state index contributed by atoms with van der Waals surface area (Å²) in [6, 6.07) is 6.20. The summed E-state index contributed by atoms with van der Waals surface area (Å²) in [5, 5.41) is 0. The van der Waals surface area contributed by atoms with Crippen LogP contribution < -0.4 is 4.90 Å². The van der Waals surface area contributed by atoms with Crippen LogP contribution in [0.5, 0.6) is 0 Å². The molecule has 25 heavy (non-hydrogen) atoms. The number of carbonyl (C=O) groups is 2. The molecule has 0 fully saturated rings. The molecule has 140 valence electrons. The molecular weight excluding hydrogens is 312 g/mol. The first-order valence-electron chi connectivity index (χ1n) is 9.66. The molecule has 1 aromatic rings. The van der Waals surface area contributed by atoms with Crippen LogP contribution in [-0.4, -0.2) is 36.3 Å². The first-order valence-corrected chi connectivity index (χ1v) is 9.66. The first-order chi connectivity index (χ1) is 12.0. The normalized spacial score (nSPS) is 10.6. The summed E-state index contributed by atoms with van der Waals surface area (Å²) in [4.78, 5) is 28.6. The molecule has 0 bridgehead atoms. The van der Waals surface area contributed by atoms with E-state index in [0.717, 1.165) is 44.5 Å². The highest BCUT2D eigenvalue weighted by Gasteiger charge is 2.20. The molecule has 1 aromatic carbocycles. The van der Waals surface area contributed by atoms with Crippen LogP contribution in [0.15, 0.2) is 18.2 Å². The number of hydrogen-bond acceptors (Lipinski definition) is 2. The third-order valence-corrected chi connectivity index (χ3v) is 4.50. The quantitative estimate of drug-likeness (QED) is 0.637. The van der Waals surface area contributed by atoms with Gasteiger partial charge in [-0.1, -0.05) is 45.9 Å². The van der Waals surface area contributed by atoms with Gasteiger partial charge in [0.25, 0.3) is 0 Å². The van der Waals surface area contributed by atoms with Crippen molar-refractivity contribution in [2.75, 3.05) is 24.5 Å². The van der Waals surface area contributed by atoms with Crippen molar-refractivity contribution >= 4 is 17.5 Å². The van der Waals surface area contributed by atoms with Crippen molar-refractivity contribution in [2.45, 2.75) is 66.7 Å². The van der Waals surface area contributed by atoms with E-state index in [2.05, 4.69) is 45.9 Å². The molecule has 0 aliphatic rings. The van der Waals surface area contributed by atoms with Crippen molar-refractivity contribution in [1.29, 1.82) is 0 Å². The lowest BCUT2D eigenvalue weighted by Crippen LogP contribution is -2.37. The number of amides is 2. The second-order valence-electron chi connectivity index (χ2n) is 6.43. The zero-order valence-electron chi connectivity index (χ0n) is 16.6. The highest BCUT2D eigenvalue weighted by molar-refractivity contribution is 5.94. The number of nitrogens with zero attached hydrogens (tertiary/aromatic N) is 2. The molecular formula is C21H34N2O2. The van der Waals surface area contributed by atoms with E-state index in [-0.39, 0.29) is 11.8 Å². The number of carbonyl (C=O) groups excluding carboxylic acids is 2. The molecule has 2 amide bonds. The standard InChI is InChI=1S/C21H34N2O2/c1-6-14-22(15-7-2)20(25)13-16-23(17(5)24)21-18(8-3)11-10-12-19(21)9-4/h10-12H,6-9,13-16H2,1-5H3. The maximum absolute atomic E-state index is 12.6. The lowest BCUT2D eigenvalue weighted by atomic mass is 10.0. The molecule has 0 atom stereocenters. The summed E-state index contributed by atoms with van der Waals surface area (Å²) in [5.74, 6) is 0.142. The zero-order chi connectivity index (χ0) is 18.8. The van der Waals surface area contributed by atoms with E-state index >= 15 is 0 Å². The van der Waals surface area contributed by atoms with Gasteiger partial charge in [-0.15, -0.1) is 0 Å². The van der Waals surface area contributed by atoms with Crippen LogP contribution in [0, 0.1) is 0 Å². The minimum Gasteiger partial charge on any atom is -0.343 e. The maximum Gasteiger partial charge on any atom is 0.224 e. The molecule has 1 rings (SSSR count). The highest BCUT2D eigenvalue weighted by Crippen LogP contribution is 2.27. The minimum atomic E-state index is 0.000864. The Morgan fingerprint density at radius 2 is 1.40 bits per heavy atom. The molecule has 0 saturated heterocycles. The van der Waals surface area contributed by atoms with Crippen LogP contribution in [0.1, 0.15) is 65.0 Å². The van der Waals surface area contributed by atoms with Gasteiger partial charge in [0.05, 0.1) is 0 Å². The number of hydrogen-bond donors (Lipinski definition) is 0. The number of rotatable bonds is 10. The fourth-order valence-electron chi connectivity index (χ4n) is 3.26. The Kier molecular flexibility index (Phi) is 9.25. The summed E-state index contributed by atoms with van der Waals surface area (Å²) in [6.07, 6.45) is 4.04. The van der Waals surface area contributed by atoms with Gasteiger partial charge in [0, 0.05) is 38.7 Å². The van der Waals surface area contributed by atoms with E-state index in [1.165, 1.54) is 11.1 Å². The van der Waals surface area contributed by atoms with Crippen molar-refractivity contribution in [3.05, 3.63) is 29.3 Å². The number of para-hydroxylation sites is 1. The average molecular weight is 347 g/mol. The summed E-state index contributed by atoms with van der Waals surface area (Å²) in [7, 11) is 0. The van der Waals surface area contributed by atoms with Gasteiger partial charge in [0.1, 0.15) is 0 Å². The molecule has 0 aliphatic heterocycles. The summed E-state index contributed by atoms with van der Waals surface area (Å²) >= 11 is 0. The van der Waals surface area contributed by atoms with Crippen LogP contribution in [0.4, 0.5) is 5.69 Å². The predicted molar refractivity (Wildman–Crippen MR) is 105 cm³/mol. The SMILES string of the molecule is CCCN(CCC)C(=O)CCN(C(C)=O)c1c(CC)cccc1CC. The third-order valence-electron chi connectivity index (χ3n) is 4.50. The fourth-order valence-corrected chi connectivity index (χ4v) is 3.26. The Morgan fingerprint density at radius 1 is 0.880 bits per heavy atom. The van der Waals surface area contributed by atoms with E-state index in [4.69, 9.17) is 0 Å². The molecule has 0 aliphatic carbocycles. The Morgan fingerprint density at radius 3 is 1.80 bits per heavy atom. The van der Waals surface area contributed by atoms with E-state index in [0.29, 0.717) is 13.0 Å². The predicted octanol–water partition coefficient (Wildman–Crippen LogP) is 4.20. The molecule has 0 unspecified atom stereocenters. The van der Waals surface area contributed by atoms with Gasteiger partial charge in [-0.2, -0.15) is 0 Å². The maximum atomic E-state index is 12.6. The molecule has 0 heterocycles. The highest BCUT2D eigenvalue weighted by atomic mass is 16.2. The molecule has 0 saturated carbocycles. The van der Waals surface area contributed by atoms with Crippen molar-refractivity contribution in [3.8, 4) is 0 Å². The van der Waals surface area contributed by atoms with E-state index in [9.17, 15) is 9.59 Å². The second-order valence-corrected chi connectivity index (χ2v) is 6.43. The largest absolute Gasteiger partial charge is 0.343 e. The summed E-state index contributed by atoms with van der Waals surface area (Å²) in [5.41, 5.74) is 3.34. The smallest absolute Gasteiger partial charge is 0.224 e. The lowest BCUT2D eigenvalue weighted by molar-refractivity contribution is -0.131. The molecule has 4 nitrogen and oxygen atoms in total. The number of anilines is 1. The van der Waals surface area contributed by atoms with Crippen LogP contribution >= 0.6 is 0 Å². The Bertz CT molecular complexity index is 541. The molecule has 0 spiro atoms.